The topological polar surface area (TPSA) is 63.3 Å². The van der Waals surface area contributed by atoms with E-state index in [-0.39, 0.29) is 24.5 Å². The molecule has 0 radical (unpaired) electrons. The van der Waals surface area contributed by atoms with Crippen LogP contribution in [0.15, 0.2) is 11.6 Å². The van der Waals surface area contributed by atoms with Crippen LogP contribution in [-0.2, 0) is 4.79 Å². The molecule has 0 spiro atoms. The Morgan fingerprint density at radius 2 is 2.14 bits per heavy atom. The maximum atomic E-state index is 11.9. The Morgan fingerprint density at radius 1 is 1.57 bits per heavy atom. The number of carboxylic acid groups (broad SMARTS) is 1. The number of allylic oxidation sites excluding steroid dienone is 1. The summed E-state index contributed by atoms with van der Waals surface area (Å²) in [7, 11) is 0. The summed E-state index contributed by atoms with van der Waals surface area (Å²) >= 11 is 0. The lowest BCUT2D eigenvalue weighted by Crippen LogP contribution is -2.20. The zero-order chi connectivity index (χ0) is 10.9. The van der Waals surface area contributed by atoms with Crippen LogP contribution in [0.25, 0.3) is 0 Å². The minimum Gasteiger partial charge on any atom is -0.481 e. The second kappa shape index (κ2) is 3.61. The number of rotatable bonds is 1. The predicted molar refractivity (Wildman–Crippen MR) is 42.5 cm³/mol. The van der Waals surface area contributed by atoms with Gasteiger partial charge >= 0.3 is 12.1 Å². The summed E-state index contributed by atoms with van der Waals surface area (Å²) in [6.07, 6.45) is -4.33. The van der Waals surface area contributed by atoms with Crippen LogP contribution in [0.1, 0.15) is 12.8 Å². The molecule has 0 saturated heterocycles. The number of halogens is 3. The zero-order valence-electron chi connectivity index (χ0n) is 7.21. The van der Waals surface area contributed by atoms with Crippen LogP contribution in [0.3, 0.4) is 0 Å². The van der Waals surface area contributed by atoms with Gasteiger partial charge in [-0.2, -0.15) is 13.2 Å². The lowest BCUT2D eigenvalue weighted by molar-refractivity contribution is -0.141. The Kier molecular flexibility index (Phi) is 2.84. The Bertz CT molecular complexity index is 272. The maximum absolute atomic E-state index is 11.9. The first kappa shape index (κ1) is 11.0. The van der Waals surface area contributed by atoms with Gasteiger partial charge in [-0.3, -0.25) is 4.79 Å². The molecular formula is C8H10F3NO2. The molecule has 0 aromatic heterocycles. The van der Waals surface area contributed by atoms with Crippen molar-refractivity contribution in [1.82, 2.24) is 0 Å². The highest BCUT2D eigenvalue weighted by molar-refractivity contribution is 5.71. The highest BCUT2D eigenvalue weighted by atomic mass is 19.4. The van der Waals surface area contributed by atoms with Gasteiger partial charge in [0.15, 0.2) is 0 Å². The van der Waals surface area contributed by atoms with Crippen LogP contribution >= 0.6 is 0 Å². The fraction of sp³-hybridized carbons (Fsp3) is 0.625. The van der Waals surface area contributed by atoms with E-state index in [2.05, 4.69) is 0 Å². The summed E-state index contributed by atoms with van der Waals surface area (Å²) in [6, 6.07) is -0.780. The van der Waals surface area contributed by atoms with Crippen molar-refractivity contribution >= 4 is 5.97 Å². The summed E-state index contributed by atoms with van der Waals surface area (Å²) in [6.45, 7) is 0. The fourth-order valence-corrected chi connectivity index (χ4v) is 1.54. The number of hydrogen-bond acceptors (Lipinski definition) is 2. The van der Waals surface area contributed by atoms with E-state index >= 15 is 0 Å². The minimum atomic E-state index is -4.42. The van der Waals surface area contributed by atoms with Crippen LogP contribution in [0.4, 0.5) is 13.2 Å². The standard InChI is InChI=1S/C8H10F3NO2/c9-8(10,11)3-5-1-4(7(13)14)2-6(5)12/h3-4,6H,1-2,12H2,(H,13,14)/b5-3+/t4-,6-/m0/s1. The molecule has 1 saturated carbocycles. The molecule has 0 aromatic carbocycles. The van der Waals surface area contributed by atoms with E-state index in [0.29, 0.717) is 0 Å². The lowest BCUT2D eigenvalue weighted by Gasteiger charge is -2.06. The quantitative estimate of drug-likeness (QED) is 0.640. The molecule has 2 atom stereocenters. The Labute approximate surface area is 78.4 Å². The molecule has 3 nitrogen and oxygen atoms in total. The first-order chi connectivity index (χ1) is 6.29. The normalized spacial score (nSPS) is 31.0. The molecular weight excluding hydrogens is 199 g/mol. The Hall–Kier alpha value is -1.04. The Morgan fingerprint density at radius 3 is 2.50 bits per heavy atom. The number of nitrogens with two attached hydrogens (primary N) is 1. The number of aliphatic carboxylic acids is 1. The second-order valence-corrected chi connectivity index (χ2v) is 3.34. The molecule has 1 aliphatic carbocycles. The van der Waals surface area contributed by atoms with Crippen LogP contribution in [0.5, 0.6) is 0 Å². The van der Waals surface area contributed by atoms with Gasteiger partial charge < -0.3 is 10.8 Å². The molecule has 0 amide bonds. The van der Waals surface area contributed by atoms with E-state index in [9.17, 15) is 18.0 Å². The van der Waals surface area contributed by atoms with E-state index in [1.165, 1.54) is 0 Å². The average Bonchev–Trinajstić information content (AvgIpc) is 2.29. The zero-order valence-corrected chi connectivity index (χ0v) is 7.21. The molecule has 0 heterocycles. The summed E-state index contributed by atoms with van der Waals surface area (Å²) in [5.41, 5.74) is 5.36. The van der Waals surface area contributed by atoms with Gasteiger partial charge in [0.2, 0.25) is 0 Å². The molecule has 1 aliphatic rings. The second-order valence-electron chi connectivity index (χ2n) is 3.34. The first-order valence-corrected chi connectivity index (χ1v) is 4.06. The van der Waals surface area contributed by atoms with Crippen LogP contribution < -0.4 is 5.73 Å². The molecule has 1 rings (SSSR count). The van der Waals surface area contributed by atoms with E-state index < -0.39 is 24.1 Å². The average molecular weight is 209 g/mol. The molecule has 6 heteroatoms. The van der Waals surface area contributed by atoms with Gasteiger partial charge in [-0.1, -0.05) is 0 Å². The van der Waals surface area contributed by atoms with Gasteiger partial charge in [-0.05, 0) is 18.4 Å². The fourth-order valence-electron chi connectivity index (χ4n) is 1.54. The van der Waals surface area contributed by atoms with E-state index in [4.69, 9.17) is 10.8 Å². The largest absolute Gasteiger partial charge is 0.481 e. The van der Waals surface area contributed by atoms with Crippen molar-refractivity contribution in [3.63, 3.8) is 0 Å². The molecule has 14 heavy (non-hydrogen) atoms. The summed E-state index contributed by atoms with van der Waals surface area (Å²) in [5.74, 6) is -1.87. The predicted octanol–water partition coefficient (Wildman–Crippen LogP) is 1.30. The van der Waals surface area contributed by atoms with Crippen LogP contribution in [0, 0.1) is 5.92 Å². The van der Waals surface area contributed by atoms with E-state index in [1.54, 1.807) is 0 Å². The third-order valence-electron chi connectivity index (χ3n) is 2.20. The molecule has 1 fully saturated rings. The van der Waals surface area contributed by atoms with Crippen molar-refractivity contribution in [2.75, 3.05) is 0 Å². The van der Waals surface area contributed by atoms with E-state index in [0.717, 1.165) is 0 Å². The highest BCUT2D eigenvalue weighted by Gasteiger charge is 2.35. The van der Waals surface area contributed by atoms with Gasteiger partial charge in [0.05, 0.1) is 5.92 Å². The highest BCUT2D eigenvalue weighted by Crippen LogP contribution is 2.32. The molecule has 80 valence electrons. The molecule has 0 unspecified atom stereocenters. The number of carboxylic acids is 1. The van der Waals surface area contributed by atoms with Crippen molar-refractivity contribution < 1.29 is 23.1 Å². The molecule has 3 N–H and O–H groups in total. The van der Waals surface area contributed by atoms with Crippen molar-refractivity contribution in [2.24, 2.45) is 11.7 Å². The molecule has 0 aliphatic heterocycles. The van der Waals surface area contributed by atoms with Crippen molar-refractivity contribution in [2.45, 2.75) is 25.1 Å². The minimum absolute atomic E-state index is 0.0232. The number of hydrogen-bond donors (Lipinski definition) is 2. The van der Waals surface area contributed by atoms with Gasteiger partial charge in [0.25, 0.3) is 0 Å². The van der Waals surface area contributed by atoms with Gasteiger partial charge in [-0.15, -0.1) is 0 Å². The van der Waals surface area contributed by atoms with Crippen molar-refractivity contribution in [3.05, 3.63) is 11.6 Å². The first-order valence-electron chi connectivity index (χ1n) is 4.06. The molecule has 0 bridgehead atoms. The van der Waals surface area contributed by atoms with Crippen molar-refractivity contribution in [1.29, 1.82) is 0 Å². The lowest BCUT2D eigenvalue weighted by atomic mass is 10.1. The van der Waals surface area contributed by atoms with Crippen molar-refractivity contribution in [3.8, 4) is 0 Å². The van der Waals surface area contributed by atoms with Crippen LogP contribution in [0.2, 0.25) is 0 Å². The SMILES string of the molecule is N[C@H]1C[C@@H](C(=O)O)C/C1=C\C(F)(F)F. The third-order valence-corrected chi connectivity index (χ3v) is 2.20. The van der Waals surface area contributed by atoms with Gasteiger partial charge in [-0.25, -0.2) is 0 Å². The monoisotopic (exact) mass is 209 g/mol. The molecule has 0 aromatic rings. The number of alkyl halides is 3. The van der Waals surface area contributed by atoms with Gasteiger partial charge in [0.1, 0.15) is 0 Å². The number of carbonyl (C=O) groups is 1. The smallest absolute Gasteiger partial charge is 0.409 e. The van der Waals surface area contributed by atoms with E-state index in [1.807, 2.05) is 0 Å². The van der Waals surface area contributed by atoms with Gasteiger partial charge in [0, 0.05) is 12.1 Å². The maximum Gasteiger partial charge on any atom is 0.409 e. The summed E-state index contributed by atoms with van der Waals surface area (Å²) in [4.78, 5) is 10.5. The summed E-state index contributed by atoms with van der Waals surface area (Å²) < 4.78 is 35.8. The third kappa shape index (κ3) is 2.73. The Balaban J connectivity index is 2.75. The summed E-state index contributed by atoms with van der Waals surface area (Å²) in [5, 5.41) is 8.58. The van der Waals surface area contributed by atoms with Crippen LogP contribution in [-0.4, -0.2) is 23.3 Å².